The molecule has 2 N–H and O–H groups in total. The molecule has 1 aliphatic carbocycles. The number of amides is 2. The van der Waals surface area contributed by atoms with Gasteiger partial charge in [-0.05, 0) is 53.6 Å². The van der Waals surface area contributed by atoms with E-state index in [9.17, 15) is 14.7 Å². The standard InChI is InChI=1S/C30H32N4O3/c35-26(20-33-15-11-21-6-1-2-7-23(21)19-33)34-16-12-30(13-17-34)25-10-4-3-9-24(25)27(28(30)36)32-29(37)22-8-5-14-31-18-22/h1-10,14,18,27-28,36H,11-13,15-17,19-20H2,(H,32,37)/t27-,28+/m0/s1. The Morgan fingerprint density at radius 3 is 2.51 bits per heavy atom. The van der Waals surface area contributed by atoms with Crippen molar-refractivity contribution in [1.82, 2.24) is 20.1 Å². The topological polar surface area (TPSA) is 85.8 Å². The molecule has 0 unspecified atom stereocenters. The molecule has 2 atom stereocenters. The van der Waals surface area contributed by atoms with E-state index in [1.807, 2.05) is 23.1 Å². The van der Waals surface area contributed by atoms with Crippen molar-refractivity contribution in [2.24, 2.45) is 0 Å². The van der Waals surface area contributed by atoms with Gasteiger partial charge in [0.25, 0.3) is 5.91 Å². The fourth-order valence-corrected chi connectivity index (χ4v) is 6.45. The molecule has 7 heteroatoms. The number of carbonyl (C=O) groups excluding carboxylic acids is 2. The Bertz CT molecular complexity index is 1300. The smallest absolute Gasteiger partial charge is 0.253 e. The minimum Gasteiger partial charge on any atom is -0.390 e. The van der Waals surface area contributed by atoms with Gasteiger partial charge in [-0.1, -0.05) is 48.5 Å². The summed E-state index contributed by atoms with van der Waals surface area (Å²) in [5, 5.41) is 14.7. The fourth-order valence-electron chi connectivity index (χ4n) is 6.45. The van der Waals surface area contributed by atoms with Crippen molar-refractivity contribution < 1.29 is 14.7 Å². The van der Waals surface area contributed by atoms with Gasteiger partial charge in [-0.2, -0.15) is 0 Å². The Balaban J connectivity index is 1.14. The number of aromatic nitrogens is 1. The van der Waals surface area contributed by atoms with Crippen LogP contribution in [0.15, 0.2) is 73.1 Å². The number of hydrogen-bond donors (Lipinski definition) is 2. The summed E-state index contributed by atoms with van der Waals surface area (Å²) < 4.78 is 0. The number of hydrogen-bond acceptors (Lipinski definition) is 5. The Morgan fingerprint density at radius 2 is 1.73 bits per heavy atom. The molecule has 37 heavy (non-hydrogen) atoms. The van der Waals surface area contributed by atoms with Gasteiger partial charge in [-0.3, -0.25) is 19.5 Å². The van der Waals surface area contributed by atoms with Crippen LogP contribution in [0.5, 0.6) is 0 Å². The van der Waals surface area contributed by atoms with Crippen molar-refractivity contribution >= 4 is 11.8 Å². The van der Waals surface area contributed by atoms with Gasteiger partial charge in [0.05, 0.1) is 24.3 Å². The second kappa shape index (κ2) is 9.72. The number of benzene rings is 2. The van der Waals surface area contributed by atoms with Gasteiger partial charge in [0.1, 0.15) is 0 Å². The Kier molecular flexibility index (Phi) is 6.26. The molecule has 6 rings (SSSR count). The third-order valence-corrected chi connectivity index (χ3v) is 8.50. The van der Waals surface area contributed by atoms with Crippen LogP contribution in [-0.4, -0.2) is 64.0 Å². The van der Waals surface area contributed by atoms with Crippen LogP contribution in [0, 0.1) is 0 Å². The average molecular weight is 497 g/mol. The molecule has 0 bridgehead atoms. The predicted molar refractivity (Wildman–Crippen MR) is 140 cm³/mol. The molecule has 1 fully saturated rings. The van der Waals surface area contributed by atoms with E-state index in [0.717, 1.165) is 30.6 Å². The first-order valence-corrected chi connectivity index (χ1v) is 13.1. The molecule has 2 aromatic carbocycles. The zero-order valence-electron chi connectivity index (χ0n) is 20.8. The lowest BCUT2D eigenvalue weighted by molar-refractivity contribution is -0.135. The fraction of sp³-hybridized carbons (Fsp3) is 0.367. The molecular weight excluding hydrogens is 464 g/mol. The van der Waals surface area contributed by atoms with Crippen molar-refractivity contribution in [2.75, 3.05) is 26.2 Å². The maximum Gasteiger partial charge on any atom is 0.253 e. The third-order valence-electron chi connectivity index (χ3n) is 8.50. The quantitative estimate of drug-likeness (QED) is 0.580. The summed E-state index contributed by atoms with van der Waals surface area (Å²) in [5.41, 5.74) is 4.71. The van der Waals surface area contributed by atoms with Gasteiger partial charge in [-0.25, -0.2) is 0 Å². The molecule has 1 aromatic heterocycles. The highest BCUT2D eigenvalue weighted by atomic mass is 16.3. The lowest BCUT2D eigenvalue weighted by Gasteiger charge is -2.43. The van der Waals surface area contributed by atoms with Crippen LogP contribution in [-0.2, 0) is 23.2 Å². The van der Waals surface area contributed by atoms with Crippen molar-refractivity contribution in [3.05, 3.63) is 101 Å². The summed E-state index contributed by atoms with van der Waals surface area (Å²) in [4.78, 5) is 34.4. The van der Waals surface area contributed by atoms with E-state index in [-0.39, 0.29) is 11.8 Å². The van der Waals surface area contributed by atoms with Gasteiger partial charge < -0.3 is 15.3 Å². The first kappa shape index (κ1) is 23.8. The van der Waals surface area contributed by atoms with Crippen LogP contribution in [0.3, 0.4) is 0 Å². The maximum absolute atomic E-state index is 13.2. The molecule has 2 aliphatic heterocycles. The number of piperidine rings is 1. The number of fused-ring (bicyclic) bond motifs is 3. The largest absolute Gasteiger partial charge is 0.390 e. The third kappa shape index (κ3) is 4.32. The van der Waals surface area contributed by atoms with Crippen molar-refractivity contribution in [2.45, 2.75) is 43.4 Å². The maximum atomic E-state index is 13.2. The SMILES string of the molecule is O=C(N[C@H]1c2ccccc2C2(CCN(C(=O)CN3CCc4ccccc4C3)CC2)[C@@H]1O)c1cccnc1. The Morgan fingerprint density at radius 1 is 0.973 bits per heavy atom. The van der Waals surface area contributed by atoms with Crippen molar-refractivity contribution in [1.29, 1.82) is 0 Å². The number of nitrogens with one attached hydrogen (secondary N) is 1. The predicted octanol–water partition coefficient (Wildman–Crippen LogP) is 2.85. The van der Waals surface area contributed by atoms with E-state index in [0.29, 0.717) is 38.0 Å². The van der Waals surface area contributed by atoms with Gasteiger partial charge in [0, 0.05) is 44.0 Å². The lowest BCUT2D eigenvalue weighted by atomic mass is 9.72. The molecule has 190 valence electrons. The molecule has 3 heterocycles. The lowest BCUT2D eigenvalue weighted by Crippen LogP contribution is -2.52. The van der Waals surface area contributed by atoms with Gasteiger partial charge in [0.2, 0.25) is 5.91 Å². The minimum absolute atomic E-state index is 0.149. The minimum atomic E-state index is -0.763. The van der Waals surface area contributed by atoms with Crippen LogP contribution < -0.4 is 5.32 Å². The highest BCUT2D eigenvalue weighted by Gasteiger charge is 2.53. The molecule has 3 aliphatic rings. The number of rotatable bonds is 4. The van der Waals surface area contributed by atoms with Crippen LogP contribution in [0.25, 0.3) is 0 Å². The first-order valence-electron chi connectivity index (χ1n) is 13.1. The molecule has 3 aromatic rings. The molecule has 0 radical (unpaired) electrons. The Labute approximate surface area is 217 Å². The summed E-state index contributed by atoms with van der Waals surface area (Å²) in [7, 11) is 0. The van der Waals surface area contributed by atoms with Gasteiger partial charge in [-0.15, -0.1) is 0 Å². The zero-order chi connectivity index (χ0) is 25.4. The summed E-state index contributed by atoms with van der Waals surface area (Å²) >= 11 is 0. The summed E-state index contributed by atoms with van der Waals surface area (Å²) in [6.07, 6.45) is 4.70. The molecule has 7 nitrogen and oxygen atoms in total. The van der Waals surface area contributed by atoms with E-state index in [1.54, 1.807) is 18.3 Å². The molecule has 1 spiro atoms. The number of likely N-dealkylation sites (tertiary alicyclic amines) is 1. The van der Waals surface area contributed by atoms with Gasteiger partial charge in [0.15, 0.2) is 0 Å². The monoisotopic (exact) mass is 496 g/mol. The summed E-state index contributed by atoms with van der Waals surface area (Å²) in [6, 6.07) is 19.4. The Hall–Kier alpha value is -3.55. The summed E-state index contributed by atoms with van der Waals surface area (Å²) in [6.45, 7) is 3.31. The average Bonchev–Trinajstić information content (AvgIpc) is 3.16. The van der Waals surface area contributed by atoms with E-state index in [2.05, 4.69) is 45.5 Å². The highest BCUT2D eigenvalue weighted by molar-refractivity contribution is 5.94. The van der Waals surface area contributed by atoms with E-state index < -0.39 is 17.6 Å². The van der Waals surface area contributed by atoms with Gasteiger partial charge >= 0.3 is 0 Å². The summed E-state index contributed by atoms with van der Waals surface area (Å²) in [5.74, 6) is -0.101. The van der Waals surface area contributed by atoms with E-state index >= 15 is 0 Å². The molecule has 0 saturated carbocycles. The van der Waals surface area contributed by atoms with Crippen LogP contribution >= 0.6 is 0 Å². The first-order chi connectivity index (χ1) is 18.0. The number of aliphatic hydroxyl groups excluding tert-OH is 1. The second-order valence-corrected chi connectivity index (χ2v) is 10.5. The normalized spacial score (nSPS) is 22.4. The van der Waals surface area contributed by atoms with E-state index in [1.165, 1.54) is 17.3 Å². The molecule has 1 saturated heterocycles. The van der Waals surface area contributed by atoms with Crippen LogP contribution in [0.2, 0.25) is 0 Å². The number of aliphatic hydroxyl groups is 1. The second-order valence-electron chi connectivity index (χ2n) is 10.5. The number of pyridine rings is 1. The number of nitrogens with zero attached hydrogens (tertiary/aromatic N) is 3. The molecular formula is C30H32N4O3. The highest BCUT2D eigenvalue weighted by Crippen LogP contribution is 2.51. The zero-order valence-corrected chi connectivity index (χ0v) is 20.8. The van der Waals surface area contributed by atoms with Crippen LogP contribution in [0.1, 0.15) is 51.5 Å². The van der Waals surface area contributed by atoms with E-state index in [4.69, 9.17) is 0 Å². The van der Waals surface area contributed by atoms with Crippen molar-refractivity contribution in [3.8, 4) is 0 Å². The number of carbonyl (C=O) groups is 2. The van der Waals surface area contributed by atoms with Crippen LogP contribution in [0.4, 0.5) is 0 Å². The molecule has 2 amide bonds. The van der Waals surface area contributed by atoms with Crippen molar-refractivity contribution in [3.63, 3.8) is 0 Å².